The van der Waals surface area contributed by atoms with Crippen molar-refractivity contribution in [3.05, 3.63) is 0 Å². The van der Waals surface area contributed by atoms with Crippen molar-refractivity contribution in [2.24, 2.45) is 16.8 Å². The van der Waals surface area contributed by atoms with E-state index in [9.17, 15) is 9.59 Å². The van der Waals surface area contributed by atoms with Crippen molar-refractivity contribution >= 4 is 34.8 Å². The molecule has 0 aromatic heterocycles. The number of carbonyl (C=O) groups is 2. The van der Waals surface area contributed by atoms with Gasteiger partial charge in [-0.1, -0.05) is 0 Å². The van der Waals surface area contributed by atoms with Crippen molar-refractivity contribution in [3.63, 3.8) is 0 Å². The van der Waals surface area contributed by atoms with Crippen LogP contribution in [0.15, 0.2) is 5.10 Å². The molecule has 0 spiro atoms. The Morgan fingerprint density at radius 1 is 1.79 bits per heavy atom. The molecule has 1 unspecified atom stereocenters. The van der Waals surface area contributed by atoms with Crippen molar-refractivity contribution in [1.82, 2.24) is 5.43 Å². The Bertz CT molecular complexity index is 326. The third-order valence-corrected chi connectivity index (χ3v) is 1.76. The van der Waals surface area contributed by atoms with Gasteiger partial charge in [-0.2, -0.15) is 0 Å². The van der Waals surface area contributed by atoms with Gasteiger partial charge in [-0.3, -0.25) is 15.0 Å². The molecular weight excluding hydrogens is 206 g/mol. The predicted molar refractivity (Wildman–Crippen MR) is 52.5 cm³/mol. The predicted octanol–water partition coefficient (Wildman–Crippen LogP) is -1.06. The number of hydrogen-bond acceptors (Lipinski definition) is 5. The Balaban J connectivity index is 2.68. The third kappa shape index (κ3) is 2.25. The number of carbonyl (C=O) groups excluding carboxylic acids is 2. The van der Waals surface area contributed by atoms with Gasteiger partial charge in [0.05, 0.1) is 0 Å². The highest BCUT2D eigenvalue weighted by Crippen LogP contribution is 2.11. The fourth-order valence-corrected chi connectivity index (χ4v) is 0.999. The zero-order valence-corrected chi connectivity index (χ0v) is 8.26. The molecule has 3 N–H and O–H groups in total. The molecule has 6 nitrogen and oxygen atoms in total. The summed E-state index contributed by atoms with van der Waals surface area (Å²) in [5.41, 5.74) is 7.31. The second-order valence-corrected chi connectivity index (χ2v) is 3.17. The number of ketones is 2. The molecule has 0 bridgehead atoms. The van der Waals surface area contributed by atoms with E-state index in [1.54, 1.807) is 0 Å². The number of nitrogens with two attached hydrogens (primary N) is 1. The number of hydrazone groups is 1. The molecule has 0 aliphatic carbocycles. The molecule has 1 heterocycles. The van der Waals surface area contributed by atoms with Crippen LogP contribution in [0.25, 0.3) is 0 Å². The quantitative estimate of drug-likeness (QED) is 0.346. The maximum Gasteiger partial charge on any atom is 0.276 e. The smallest absolute Gasteiger partial charge is 0.276 e. The van der Waals surface area contributed by atoms with Gasteiger partial charge in [0.25, 0.3) is 5.90 Å². The monoisotopic (exact) mass is 215 g/mol. The first-order valence-electron chi connectivity index (χ1n) is 3.83. The molecule has 1 aliphatic heterocycles. The average Bonchev–Trinajstić information content (AvgIpc) is 2.43. The van der Waals surface area contributed by atoms with Crippen molar-refractivity contribution in [2.45, 2.75) is 6.92 Å². The minimum atomic E-state index is -0.748. The summed E-state index contributed by atoms with van der Waals surface area (Å²) in [6, 6.07) is 0. The summed E-state index contributed by atoms with van der Waals surface area (Å²) in [7, 11) is 0. The summed E-state index contributed by atoms with van der Waals surface area (Å²) in [5.74, 6) is -1.59. The number of rotatable bonds is 2. The molecule has 0 aromatic rings. The van der Waals surface area contributed by atoms with Gasteiger partial charge < -0.3 is 10.5 Å². The van der Waals surface area contributed by atoms with Gasteiger partial charge in [-0.05, 0) is 19.1 Å². The topological polar surface area (TPSA) is 93.8 Å². The Hall–Kier alpha value is -1.50. The highest BCUT2D eigenvalue weighted by molar-refractivity contribution is 7.80. The van der Waals surface area contributed by atoms with Crippen LogP contribution in [0.3, 0.4) is 0 Å². The van der Waals surface area contributed by atoms with Crippen LogP contribution in [-0.4, -0.2) is 29.2 Å². The number of hydrogen-bond donors (Lipinski definition) is 2. The van der Waals surface area contributed by atoms with Gasteiger partial charge >= 0.3 is 0 Å². The molecule has 0 radical (unpaired) electrons. The summed E-state index contributed by atoms with van der Waals surface area (Å²) in [6.07, 6.45) is 0. The van der Waals surface area contributed by atoms with Crippen LogP contribution in [-0.2, 0) is 14.3 Å². The summed E-state index contributed by atoms with van der Waals surface area (Å²) in [5, 5.41) is 3.44. The van der Waals surface area contributed by atoms with Crippen LogP contribution in [0.1, 0.15) is 6.92 Å². The zero-order chi connectivity index (χ0) is 10.7. The fraction of sp³-hybridized carbons (Fsp3) is 0.429. The molecule has 0 saturated carbocycles. The van der Waals surface area contributed by atoms with E-state index < -0.39 is 11.7 Å². The fourth-order valence-electron chi connectivity index (χ4n) is 0.953. The van der Waals surface area contributed by atoms with Gasteiger partial charge in [-0.15, -0.1) is 5.10 Å². The van der Waals surface area contributed by atoms with Crippen LogP contribution in [0.5, 0.6) is 0 Å². The molecule has 14 heavy (non-hydrogen) atoms. The Morgan fingerprint density at radius 3 is 2.86 bits per heavy atom. The Labute approximate surface area is 85.5 Å². The van der Waals surface area contributed by atoms with Gasteiger partial charge in [0.15, 0.2) is 5.11 Å². The normalized spacial score (nSPS) is 23.4. The lowest BCUT2D eigenvalue weighted by molar-refractivity contribution is -0.127. The van der Waals surface area contributed by atoms with Crippen molar-refractivity contribution in [2.75, 3.05) is 6.61 Å². The summed E-state index contributed by atoms with van der Waals surface area (Å²) in [4.78, 5) is 22.3. The van der Waals surface area contributed by atoms with E-state index in [0.29, 0.717) is 0 Å². The van der Waals surface area contributed by atoms with Crippen molar-refractivity contribution in [1.29, 1.82) is 0 Å². The van der Waals surface area contributed by atoms with Gasteiger partial charge in [-0.25, -0.2) is 0 Å². The minimum Gasteiger partial charge on any atom is -0.473 e. The number of Topliss-reactive ketones (excluding diaryl/α,β-unsaturated/α-hetero) is 2. The summed E-state index contributed by atoms with van der Waals surface area (Å²) in [6.45, 7) is 1.36. The number of thiocarbonyl (C=S) groups is 1. The van der Waals surface area contributed by atoms with Crippen LogP contribution < -0.4 is 11.2 Å². The lowest BCUT2D eigenvalue weighted by Gasteiger charge is -1.96. The van der Waals surface area contributed by atoms with E-state index in [-0.39, 0.29) is 23.4 Å². The van der Waals surface area contributed by atoms with E-state index >= 15 is 0 Å². The van der Waals surface area contributed by atoms with E-state index in [1.165, 1.54) is 6.92 Å². The molecule has 76 valence electrons. The van der Waals surface area contributed by atoms with Crippen molar-refractivity contribution in [3.8, 4) is 0 Å². The zero-order valence-electron chi connectivity index (χ0n) is 7.44. The molecule has 1 aliphatic rings. The van der Waals surface area contributed by atoms with E-state index in [0.717, 1.165) is 0 Å². The molecule has 1 rings (SSSR count). The molecule has 1 fully saturated rings. The third-order valence-electron chi connectivity index (χ3n) is 1.67. The van der Waals surface area contributed by atoms with Crippen LogP contribution >= 0.6 is 12.2 Å². The second kappa shape index (κ2) is 4.14. The van der Waals surface area contributed by atoms with Gasteiger partial charge in [0.2, 0.25) is 5.78 Å². The first-order valence-corrected chi connectivity index (χ1v) is 4.23. The highest BCUT2D eigenvalue weighted by Gasteiger charge is 2.36. The van der Waals surface area contributed by atoms with E-state index in [1.807, 2.05) is 0 Å². The molecular formula is C7H9N3O3S. The Kier molecular flexibility index (Phi) is 3.13. The van der Waals surface area contributed by atoms with E-state index in [4.69, 9.17) is 10.5 Å². The lowest BCUT2D eigenvalue weighted by Crippen LogP contribution is -2.28. The molecule has 0 aromatic carbocycles. The lowest BCUT2D eigenvalue weighted by atomic mass is 10.0. The maximum atomic E-state index is 11.4. The van der Waals surface area contributed by atoms with E-state index in [2.05, 4.69) is 22.7 Å². The molecule has 7 heteroatoms. The van der Waals surface area contributed by atoms with Crippen LogP contribution in [0, 0.1) is 5.92 Å². The number of ether oxygens (including phenoxy) is 1. The second-order valence-electron chi connectivity index (χ2n) is 2.73. The number of nitrogens with zero attached hydrogens (tertiary/aromatic N) is 1. The average molecular weight is 215 g/mol. The summed E-state index contributed by atoms with van der Waals surface area (Å²) >= 11 is 4.48. The number of nitrogens with one attached hydrogen (secondary N) is 1. The Morgan fingerprint density at radius 2 is 2.43 bits per heavy atom. The first kappa shape index (κ1) is 10.6. The first-order chi connectivity index (χ1) is 6.52. The highest BCUT2D eigenvalue weighted by atomic mass is 32.1. The SMILES string of the molecule is CC(=O)C1CO/C(=N/NC(N)=S)C1=O. The molecule has 1 atom stereocenters. The van der Waals surface area contributed by atoms with Crippen LogP contribution in [0.4, 0.5) is 0 Å². The van der Waals surface area contributed by atoms with Crippen LogP contribution in [0.2, 0.25) is 0 Å². The molecule has 1 saturated heterocycles. The summed E-state index contributed by atoms with van der Waals surface area (Å²) < 4.78 is 4.89. The molecule has 0 amide bonds. The van der Waals surface area contributed by atoms with Crippen molar-refractivity contribution < 1.29 is 14.3 Å². The largest absolute Gasteiger partial charge is 0.473 e. The van der Waals surface area contributed by atoms with Gasteiger partial charge in [0, 0.05) is 0 Å². The minimum absolute atomic E-state index is 0.0337. The standard InChI is InChI=1S/C7H9N3O3S/c1-3(11)4-2-13-6(5(4)12)9-10-7(8)14/h4H,2H2,1H3,(H3,8,10,14)/b9-6+. The van der Waals surface area contributed by atoms with Gasteiger partial charge in [0.1, 0.15) is 18.3 Å². The maximum absolute atomic E-state index is 11.4.